The third-order valence-corrected chi connectivity index (χ3v) is 6.19. The van der Waals surface area contributed by atoms with Gasteiger partial charge in [0.25, 0.3) is 17.7 Å². The van der Waals surface area contributed by atoms with Crippen LogP contribution in [0.4, 0.5) is 5.69 Å². The van der Waals surface area contributed by atoms with Crippen molar-refractivity contribution in [1.82, 2.24) is 9.80 Å². The number of benzene rings is 2. The number of hydrogen-bond donors (Lipinski definition) is 0. The van der Waals surface area contributed by atoms with Gasteiger partial charge in [-0.3, -0.25) is 19.3 Å². The van der Waals surface area contributed by atoms with E-state index in [1.165, 1.54) is 12.3 Å². The summed E-state index contributed by atoms with van der Waals surface area (Å²) in [5, 5.41) is 0. The molecule has 1 aromatic heterocycles. The van der Waals surface area contributed by atoms with Gasteiger partial charge in [0, 0.05) is 37.9 Å². The Morgan fingerprint density at radius 2 is 1.71 bits per heavy atom. The lowest BCUT2D eigenvalue weighted by atomic mass is 10.0. The topological polar surface area (TPSA) is 83.3 Å². The number of rotatable bonds is 6. The van der Waals surface area contributed by atoms with Crippen LogP contribution in [0.1, 0.15) is 42.4 Å². The number of furan rings is 1. The number of carbonyl (C=O) groups excluding carboxylic acids is 3. The minimum atomic E-state index is -0.424. The molecule has 0 radical (unpaired) electrons. The molecule has 2 aromatic carbocycles. The highest BCUT2D eigenvalue weighted by atomic mass is 16.5. The fraction of sp³-hybridized carbons (Fsp3) is 0.269. The SMILES string of the molecule is CN(Cc1ccc(N2CCOCC2)cc1)C(=O)c1ccc2c(c1)C(=O)N(Cc1ccco1)C2=O. The van der Waals surface area contributed by atoms with Crippen molar-refractivity contribution in [3.63, 3.8) is 0 Å². The van der Waals surface area contributed by atoms with E-state index in [1.54, 1.807) is 36.2 Å². The summed E-state index contributed by atoms with van der Waals surface area (Å²) >= 11 is 0. The second kappa shape index (κ2) is 9.15. The van der Waals surface area contributed by atoms with Gasteiger partial charge < -0.3 is 19.0 Å². The molecule has 0 unspecified atom stereocenters. The maximum absolute atomic E-state index is 13.1. The second-order valence-electron chi connectivity index (χ2n) is 8.46. The molecule has 0 saturated carbocycles. The third-order valence-electron chi connectivity index (χ3n) is 6.19. The summed E-state index contributed by atoms with van der Waals surface area (Å²) in [6, 6.07) is 16.2. The van der Waals surface area contributed by atoms with Crippen molar-refractivity contribution in [3.05, 3.63) is 88.9 Å². The van der Waals surface area contributed by atoms with Crippen molar-refractivity contribution in [3.8, 4) is 0 Å². The van der Waals surface area contributed by atoms with Gasteiger partial charge in [0.1, 0.15) is 5.76 Å². The van der Waals surface area contributed by atoms with E-state index in [-0.39, 0.29) is 23.9 Å². The predicted molar refractivity (Wildman–Crippen MR) is 125 cm³/mol. The van der Waals surface area contributed by atoms with E-state index < -0.39 is 5.91 Å². The van der Waals surface area contributed by atoms with Crippen LogP contribution in [0.15, 0.2) is 65.3 Å². The zero-order valence-corrected chi connectivity index (χ0v) is 18.9. The maximum atomic E-state index is 13.1. The molecule has 1 saturated heterocycles. The average Bonchev–Trinajstić information content (AvgIpc) is 3.47. The molecule has 0 N–H and O–H groups in total. The van der Waals surface area contributed by atoms with E-state index in [0.717, 1.165) is 42.5 Å². The van der Waals surface area contributed by atoms with Crippen molar-refractivity contribution >= 4 is 23.4 Å². The fourth-order valence-electron chi connectivity index (χ4n) is 4.33. The number of nitrogens with zero attached hydrogens (tertiary/aromatic N) is 3. The number of hydrogen-bond acceptors (Lipinski definition) is 6. The van der Waals surface area contributed by atoms with E-state index in [2.05, 4.69) is 17.0 Å². The Morgan fingerprint density at radius 1 is 0.971 bits per heavy atom. The first kappa shape index (κ1) is 21.9. The molecule has 1 fully saturated rings. The summed E-state index contributed by atoms with van der Waals surface area (Å²) in [5.74, 6) is -0.508. The molecule has 0 atom stereocenters. The molecule has 3 aromatic rings. The van der Waals surface area contributed by atoms with Gasteiger partial charge in [-0.2, -0.15) is 0 Å². The molecular weight excluding hydrogens is 434 g/mol. The Labute approximate surface area is 197 Å². The van der Waals surface area contributed by atoms with Crippen LogP contribution >= 0.6 is 0 Å². The standard InChI is InChI=1S/C26H25N3O5/c1-27(16-18-4-7-20(8-5-18)28-10-13-33-14-11-28)24(30)19-6-9-22-23(15-19)26(32)29(25(22)31)17-21-3-2-12-34-21/h2-9,12,15H,10-11,13-14,16-17H2,1H3. The van der Waals surface area contributed by atoms with E-state index >= 15 is 0 Å². The summed E-state index contributed by atoms with van der Waals surface area (Å²) in [6.45, 7) is 3.69. The fourth-order valence-corrected chi connectivity index (χ4v) is 4.33. The van der Waals surface area contributed by atoms with E-state index in [1.807, 2.05) is 12.1 Å². The maximum Gasteiger partial charge on any atom is 0.261 e. The van der Waals surface area contributed by atoms with Crippen molar-refractivity contribution in [2.75, 3.05) is 38.3 Å². The Kier molecular flexibility index (Phi) is 5.90. The predicted octanol–water partition coefficient (Wildman–Crippen LogP) is 3.18. The van der Waals surface area contributed by atoms with E-state index in [0.29, 0.717) is 23.4 Å². The van der Waals surface area contributed by atoms with E-state index in [4.69, 9.17) is 9.15 Å². The molecule has 0 bridgehead atoms. The Balaban J connectivity index is 1.27. The van der Waals surface area contributed by atoms with Crippen LogP contribution in [0.3, 0.4) is 0 Å². The third kappa shape index (κ3) is 4.20. The van der Waals surface area contributed by atoms with Crippen molar-refractivity contribution < 1.29 is 23.5 Å². The summed E-state index contributed by atoms with van der Waals surface area (Å²) in [4.78, 5) is 43.6. The number of amides is 3. The highest BCUT2D eigenvalue weighted by Gasteiger charge is 2.36. The Hall–Kier alpha value is -3.91. The normalized spacial score (nSPS) is 15.6. The summed E-state index contributed by atoms with van der Waals surface area (Å²) in [7, 11) is 1.72. The molecule has 174 valence electrons. The lowest BCUT2D eigenvalue weighted by Gasteiger charge is -2.29. The van der Waals surface area contributed by atoms with Crippen LogP contribution < -0.4 is 4.90 Å². The summed E-state index contributed by atoms with van der Waals surface area (Å²) in [5.41, 5.74) is 3.05. The van der Waals surface area contributed by atoms with Crippen LogP contribution in [-0.4, -0.2) is 60.9 Å². The van der Waals surface area contributed by atoms with Crippen molar-refractivity contribution in [2.24, 2.45) is 0 Å². The average molecular weight is 460 g/mol. The van der Waals surface area contributed by atoms with Crippen LogP contribution in [0, 0.1) is 0 Å². The molecule has 34 heavy (non-hydrogen) atoms. The number of morpholine rings is 1. The van der Waals surface area contributed by atoms with E-state index in [9.17, 15) is 14.4 Å². The van der Waals surface area contributed by atoms with Gasteiger partial charge in [0.05, 0.1) is 37.1 Å². The van der Waals surface area contributed by atoms with Gasteiger partial charge >= 0.3 is 0 Å². The van der Waals surface area contributed by atoms with Crippen molar-refractivity contribution in [1.29, 1.82) is 0 Å². The van der Waals surface area contributed by atoms with Crippen LogP contribution in [0.2, 0.25) is 0 Å². The smallest absolute Gasteiger partial charge is 0.261 e. The van der Waals surface area contributed by atoms with Crippen molar-refractivity contribution in [2.45, 2.75) is 13.1 Å². The largest absolute Gasteiger partial charge is 0.467 e. The number of imide groups is 1. The molecule has 8 nitrogen and oxygen atoms in total. The van der Waals surface area contributed by atoms with Gasteiger partial charge in [0.2, 0.25) is 0 Å². The summed E-state index contributed by atoms with van der Waals surface area (Å²) in [6.07, 6.45) is 1.50. The molecule has 2 aliphatic heterocycles. The first-order valence-electron chi connectivity index (χ1n) is 11.2. The molecule has 3 heterocycles. The molecule has 3 amide bonds. The van der Waals surface area contributed by atoms with Crippen LogP contribution in [0.25, 0.3) is 0 Å². The number of ether oxygens (including phenoxy) is 1. The molecule has 2 aliphatic rings. The second-order valence-corrected chi connectivity index (χ2v) is 8.46. The quantitative estimate of drug-likeness (QED) is 0.527. The lowest BCUT2D eigenvalue weighted by molar-refractivity contribution is 0.0631. The van der Waals surface area contributed by atoms with Crippen LogP contribution in [0.5, 0.6) is 0 Å². The van der Waals surface area contributed by atoms with Gasteiger partial charge in [0.15, 0.2) is 0 Å². The van der Waals surface area contributed by atoms with Gasteiger partial charge in [-0.1, -0.05) is 12.1 Å². The molecular formula is C26H25N3O5. The Bertz CT molecular complexity index is 1210. The first-order valence-corrected chi connectivity index (χ1v) is 11.2. The molecule has 0 aliphatic carbocycles. The van der Waals surface area contributed by atoms with Gasteiger partial charge in [-0.05, 0) is 48.0 Å². The number of carbonyl (C=O) groups is 3. The van der Waals surface area contributed by atoms with Crippen LogP contribution in [-0.2, 0) is 17.8 Å². The zero-order chi connectivity index (χ0) is 23.7. The van der Waals surface area contributed by atoms with Gasteiger partial charge in [-0.25, -0.2) is 0 Å². The highest BCUT2D eigenvalue weighted by molar-refractivity contribution is 6.22. The molecule has 5 rings (SSSR count). The minimum absolute atomic E-state index is 0.0585. The summed E-state index contributed by atoms with van der Waals surface area (Å²) < 4.78 is 10.7. The first-order chi connectivity index (χ1) is 16.5. The Morgan fingerprint density at radius 3 is 2.41 bits per heavy atom. The zero-order valence-electron chi connectivity index (χ0n) is 18.9. The lowest BCUT2D eigenvalue weighted by Crippen LogP contribution is -2.36. The van der Waals surface area contributed by atoms with Gasteiger partial charge in [-0.15, -0.1) is 0 Å². The number of anilines is 1. The molecule has 0 spiro atoms. The number of fused-ring (bicyclic) bond motifs is 1. The monoisotopic (exact) mass is 459 g/mol. The highest BCUT2D eigenvalue weighted by Crippen LogP contribution is 2.26. The molecule has 8 heteroatoms. The minimum Gasteiger partial charge on any atom is -0.467 e.